The van der Waals surface area contributed by atoms with Crippen LogP contribution in [0.15, 0.2) is 78.9 Å². The van der Waals surface area contributed by atoms with Gasteiger partial charge in [-0.3, -0.25) is 4.74 Å². The molecule has 3 aromatic rings. The van der Waals surface area contributed by atoms with Gasteiger partial charge in [-0.05, 0) is 35.4 Å². The van der Waals surface area contributed by atoms with Crippen molar-refractivity contribution in [2.75, 3.05) is 16.8 Å². The van der Waals surface area contributed by atoms with Crippen LogP contribution in [0.2, 0.25) is 0 Å². The molecule has 0 aliphatic carbocycles. The molecule has 3 atom stereocenters. The lowest BCUT2D eigenvalue weighted by molar-refractivity contribution is -0.204. The second-order valence-electron chi connectivity index (χ2n) is 8.77. The molecule has 1 aliphatic rings. The van der Waals surface area contributed by atoms with Crippen molar-refractivity contribution in [1.82, 2.24) is 0 Å². The van der Waals surface area contributed by atoms with Crippen LogP contribution in [0.5, 0.6) is 0 Å². The molecule has 3 unspecified atom stereocenters. The minimum atomic E-state index is -5.11. The van der Waals surface area contributed by atoms with E-state index < -0.39 is 48.9 Å². The van der Waals surface area contributed by atoms with E-state index >= 15 is 0 Å². The zero-order valence-corrected chi connectivity index (χ0v) is 19.5. The molecule has 2 N–H and O–H groups in total. The summed E-state index contributed by atoms with van der Waals surface area (Å²) < 4.78 is 114. The summed E-state index contributed by atoms with van der Waals surface area (Å²) in [6, 6.07) is 17.4. The molecule has 4 rings (SSSR count). The van der Waals surface area contributed by atoms with Crippen LogP contribution >= 0.6 is 0 Å². The van der Waals surface area contributed by atoms with Gasteiger partial charge in [0.2, 0.25) is 0 Å². The molecule has 0 aromatic heterocycles. The lowest BCUT2D eigenvalue weighted by atomic mass is 9.77. The normalized spacial score (nSPS) is 20.7. The number of β-amino-alcohol motifs (C(OH)–C–C–N with tert-alkyl or cyclic N) is 1. The molecule has 0 saturated carbocycles. The van der Waals surface area contributed by atoms with Crippen molar-refractivity contribution < 1.29 is 45.0 Å². The number of nitrogens with one attached hydrogen (secondary N) is 1. The van der Waals surface area contributed by atoms with Crippen molar-refractivity contribution >= 4 is 11.4 Å². The highest BCUT2D eigenvalue weighted by Crippen LogP contribution is 2.49. The number of hydrogen-bond acceptors (Lipinski definition) is 4. The second-order valence-corrected chi connectivity index (χ2v) is 8.77. The number of hydrogen-bond donors (Lipinski definition) is 2. The Kier molecular flexibility index (Phi) is 7.57. The molecule has 4 nitrogen and oxygen atoms in total. The fourth-order valence-corrected chi connectivity index (χ4v) is 4.70. The van der Waals surface area contributed by atoms with Crippen molar-refractivity contribution in [2.45, 2.75) is 43.3 Å². The fraction of sp³-hybridized carbons (Fsp3) is 0.308. The molecule has 0 fully saturated rings. The standard InChI is InChI=1S/C26H22F8N2O2/c27-23(28)38-22-24(14-16-7-2-1-3-8-16,17-9-6-10-18(13-17)25(29,30)31)36(15-21(37)26(32,33)34)20-12-5-4-11-19(20)35-22/h1-13,21-23,35,37H,14-15H2. The number of benzene rings is 3. The maximum atomic E-state index is 13.8. The van der Waals surface area contributed by atoms with Gasteiger partial charge in [0, 0.05) is 6.42 Å². The monoisotopic (exact) mass is 546 g/mol. The molecule has 0 radical (unpaired) electrons. The Labute approximate surface area is 212 Å². The maximum absolute atomic E-state index is 13.8. The Bertz CT molecular complexity index is 1240. The third kappa shape index (κ3) is 5.56. The van der Waals surface area contributed by atoms with Gasteiger partial charge >= 0.3 is 19.0 Å². The van der Waals surface area contributed by atoms with Gasteiger partial charge in [-0.15, -0.1) is 0 Å². The van der Waals surface area contributed by atoms with E-state index in [2.05, 4.69) is 5.32 Å². The number of rotatable bonds is 7. The van der Waals surface area contributed by atoms with Gasteiger partial charge in [0.1, 0.15) is 5.54 Å². The van der Waals surface area contributed by atoms with E-state index in [9.17, 15) is 40.2 Å². The summed E-state index contributed by atoms with van der Waals surface area (Å²) in [7, 11) is 0. The average molecular weight is 546 g/mol. The first-order valence-corrected chi connectivity index (χ1v) is 11.4. The van der Waals surface area contributed by atoms with Crippen molar-refractivity contribution in [1.29, 1.82) is 0 Å². The molecule has 3 aromatic carbocycles. The van der Waals surface area contributed by atoms with Crippen LogP contribution in [0.3, 0.4) is 0 Å². The van der Waals surface area contributed by atoms with Crippen LogP contribution in [-0.4, -0.2) is 36.8 Å². The largest absolute Gasteiger partial charge is 0.416 e. The molecule has 0 bridgehead atoms. The number of aliphatic hydroxyl groups excluding tert-OH is 1. The van der Waals surface area contributed by atoms with E-state index in [1.165, 1.54) is 30.3 Å². The highest BCUT2D eigenvalue weighted by Gasteiger charge is 2.54. The van der Waals surface area contributed by atoms with Gasteiger partial charge < -0.3 is 15.3 Å². The molecule has 38 heavy (non-hydrogen) atoms. The van der Waals surface area contributed by atoms with Gasteiger partial charge in [-0.25, -0.2) is 0 Å². The first kappa shape index (κ1) is 27.6. The van der Waals surface area contributed by atoms with E-state index in [1.54, 1.807) is 30.3 Å². The van der Waals surface area contributed by atoms with Crippen molar-refractivity contribution in [3.63, 3.8) is 0 Å². The van der Waals surface area contributed by atoms with E-state index in [-0.39, 0.29) is 23.4 Å². The van der Waals surface area contributed by atoms with Gasteiger partial charge in [-0.1, -0.05) is 54.6 Å². The average Bonchev–Trinajstić information content (AvgIpc) is 2.85. The maximum Gasteiger partial charge on any atom is 0.416 e. The zero-order chi connectivity index (χ0) is 27.7. The third-order valence-corrected chi connectivity index (χ3v) is 6.38. The molecule has 204 valence electrons. The first-order valence-electron chi connectivity index (χ1n) is 11.4. The number of aliphatic hydroxyl groups is 1. The van der Waals surface area contributed by atoms with Crippen LogP contribution in [0.1, 0.15) is 16.7 Å². The number of para-hydroxylation sites is 2. The lowest BCUT2D eigenvalue weighted by Crippen LogP contribution is -2.64. The molecule has 0 spiro atoms. The second kappa shape index (κ2) is 10.4. The van der Waals surface area contributed by atoms with Crippen LogP contribution < -0.4 is 10.2 Å². The predicted octanol–water partition coefficient (Wildman–Crippen LogP) is 6.56. The van der Waals surface area contributed by atoms with Gasteiger partial charge in [0.25, 0.3) is 0 Å². The summed E-state index contributed by atoms with van der Waals surface area (Å²) in [6.07, 6.45) is -15.1. The van der Waals surface area contributed by atoms with E-state index in [0.29, 0.717) is 11.6 Å². The van der Waals surface area contributed by atoms with Crippen LogP contribution in [-0.2, 0) is 22.9 Å². The van der Waals surface area contributed by atoms with E-state index in [0.717, 1.165) is 17.0 Å². The minimum absolute atomic E-state index is 0.0539. The highest BCUT2D eigenvalue weighted by atomic mass is 19.4. The summed E-state index contributed by atoms with van der Waals surface area (Å²) in [5.41, 5.74) is -2.90. The highest BCUT2D eigenvalue weighted by molar-refractivity contribution is 5.75. The molecule has 1 heterocycles. The summed E-state index contributed by atoms with van der Waals surface area (Å²) in [4.78, 5) is 1.01. The Balaban J connectivity index is 2.04. The molecule has 1 aliphatic heterocycles. The number of halogens is 8. The Morgan fingerprint density at radius 1 is 0.895 bits per heavy atom. The quantitative estimate of drug-likeness (QED) is 0.330. The lowest BCUT2D eigenvalue weighted by Gasteiger charge is -2.54. The SMILES string of the molecule is OC(CN1c2ccccc2NC(OC(F)F)C1(Cc1ccccc1)c1cccc(C(F)(F)F)c1)C(F)(F)F. The first-order chi connectivity index (χ1) is 17.8. The fourth-order valence-electron chi connectivity index (χ4n) is 4.70. The third-order valence-electron chi connectivity index (χ3n) is 6.38. The number of ether oxygens (including phenoxy) is 1. The topological polar surface area (TPSA) is 44.7 Å². The van der Waals surface area contributed by atoms with Crippen molar-refractivity contribution in [3.8, 4) is 0 Å². The van der Waals surface area contributed by atoms with Crippen LogP contribution in [0.4, 0.5) is 46.5 Å². The molecular formula is C26H22F8N2O2. The molecular weight excluding hydrogens is 524 g/mol. The number of anilines is 2. The Morgan fingerprint density at radius 2 is 1.55 bits per heavy atom. The van der Waals surface area contributed by atoms with Gasteiger partial charge in [0.05, 0.1) is 23.5 Å². The summed E-state index contributed by atoms with van der Waals surface area (Å²) >= 11 is 0. The number of alkyl halides is 8. The summed E-state index contributed by atoms with van der Waals surface area (Å²) in [6.45, 7) is -4.61. The Hall–Kier alpha value is -3.38. The smallest absolute Gasteiger partial charge is 0.382 e. The van der Waals surface area contributed by atoms with Gasteiger partial charge in [-0.2, -0.15) is 35.1 Å². The van der Waals surface area contributed by atoms with Gasteiger partial charge in [0.15, 0.2) is 12.3 Å². The summed E-state index contributed by atoms with van der Waals surface area (Å²) in [5.74, 6) is 0. The van der Waals surface area contributed by atoms with E-state index in [4.69, 9.17) is 4.74 Å². The van der Waals surface area contributed by atoms with E-state index in [1.807, 2.05) is 0 Å². The van der Waals surface area contributed by atoms with Crippen molar-refractivity contribution in [3.05, 3.63) is 95.6 Å². The number of fused-ring (bicyclic) bond motifs is 1. The Morgan fingerprint density at radius 3 is 2.18 bits per heavy atom. The molecule has 0 saturated heterocycles. The van der Waals surface area contributed by atoms with Crippen molar-refractivity contribution in [2.24, 2.45) is 0 Å². The van der Waals surface area contributed by atoms with Crippen LogP contribution in [0.25, 0.3) is 0 Å². The molecule has 12 heteroatoms. The van der Waals surface area contributed by atoms with Crippen LogP contribution in [0, 0.1) is 0 Å². The molecule has 0 amide bonds. The summed E-state index contributed by atoms with van der Waals surface area (Å²) in [5, 5.41) is 12.9. The predicted molar refractivity (Wildman–Crippen MR) is 124 cm³/mol. The zero-order valence-electron chi connectivity index (χ0n) is 19.5. The number of nitrogens with zero attached hydrogens (tertiary/aromatic N) is 1. The minimum Gasteiger partial charge on any atom is -0.382 e.